The molecule has 1 amide bonds. The number of benzene rings is 1. The smallest absolute Gasteiger partial charge is 0.430 e. The number of hydrogen-bond donors (Lipinski definition) is 0. The molecule has 1 aliphatic carbocycles. The van der Waals surface area contributed by atoms with E-state index in [-0.39, 0.29) is 35.0 Å². The summed E-state index contributed by atoms with van der Waals surface area (Å²) in [5.74, 6) is 3.12. The van der Waals surface area contributed by atoms with Crippen LogP contribution in [-0.4, -0.2) is 24.6 Å². The minimum atomic E-state index is -4.73. The zero-order valence-corrected chi connectivity index (χ0v) is 16.7. The Labute approximate surface area is 168 Å². The number of fused-ring (bicyclic) bond motifs is 1. The molecule has 28 heavy (non-hydrogen) atoms. The topological polar surface area (TPSA) is 46.6 Å². The van der Waals surface area contributed by atoms with E-state index in [1.165, 1.54) is 31.9 Å². The summed E-state index contributed by atoms with van der Waals surface area (Å²) in [4.78, 5) is 23.8. The largest absolute Gasteiger partial charge is 0.431 e. The Morgan fingerprint density at radius 2 is 1.96 bits per heavy atom. The monoisotopic (exact) mass is 417 g/mol. The van der Waals surface area contributed by atoms with E-state index in [0.29, 0.717) is 5.92 Å². The highest BCUT2D eigenvalue weighted by Gasteiger charge is 2.49. The number of alkyl halides is 3. The Hall–Kier alpha value is -2.20. The maximum Gasteiger partial charge on any atom is 0.430 e. The van der Waals surface area contributed by atoms with Gasteiger partial charge in [-0.1, -0.05) is 25.4 Å². The number of cyclic esters (lactones) is 1. The Morgan fingerprint density at radius 3 is 2.39 bits per heavy atom. The lowest BCUT2D eigenvalue weighted by molar-refractivity contribution is -0.207. The van der Waals surface area contributed by atoms with E-state index in [1.54, 1.807) is 0 Å². The Morgan fingerprint density at radius 1 is 1.36 bits per heavy atom. The van der Waals surface area contributed by atoms with Crippen molar-refractivity contribution in [1.82, 2.24) is 0 Å². The first kappa shape index (κ1) is 23.8. The van der Waals surface area contributed by atoms with Gasteiger partial charge in [0.05, 0.1) is 5.69 Å². The first-order chi connectivity index (χ1) is 13.1. The fourth-order valence-electron chi connectivity index (χ4n) is 2.28. The molecule has 8 heteroatoms. The zero-order chi connectivity index (χ0) is 21.5. The molecule has 1 aliphatic heterocycles. The fraction of sp³-hybridized carbons (Fsp3) is 0.500. The van der Waals surface area contributed by atoms with Gasteiger partial charge in [0, 0.05) is 29.5 Å². The van der Waals surface area contributed by atoms with Crippen molar-refractivity contribution in [3.05, 3.63) is 28.8 Å². The molecular formula is C20H23ClF3NO3. The third kappa shape index (κ3) is 6.75. The third-order valence-corrected chi connectivity index (χ3v) is 4.03. The van der Waals surface area contributed by atoms with Crippen molar-refractivity contribution in [2.24, 2.45) is 5.92 Å². The van der Waals surface area contributed by atoms with Gasteiger partial charge in [-0.3, -0.25) is 9.69 Å². The summed E-state index contributed by atoms with van der Waals surface area (Å²) in [6, 6.07) is 3.81. The number of ketones is 1. The molecule has 1 saturated carbocycles. The molecule has 3 rings (SSSR count). The number of terminal acetylenes is 1. The normalized spacial score (nSPS) is 17.7. The molecule has 0 radical (unpaired) electrons. The maximum atomic E-state index is 13.0. The Bertz CT molecular complexity index is 739. The first-order valence-electron chi connectivity index (χ1n) is 8.93. The van der Waals surface area contributed by atoms with Crippen molar-refractivity contribution < 1.29 is 27.5 Å². The highest BCUT2D eigenvalue weighted by Crippen LogP contribution is 2.44. The van der Waals surface area contributed by atoms with E-state index in [2.05, 4.69) is 10.7 Å². The second-order valence-electron chi connectivity index (χ2n) is 6.05. The van der Waals surface area contributed by atoms with Crippen LogP contribution in [0.2, 0.25) is 5.02 Å². The van der Waals surface area contributed by atoms with Gasteiger partial charge in [0.25, 0.3) is 0 Å². The number of carbonyl (C=O) groups excluding carboxylic acids is 2. The lowest BCUT2D eigenvalue weighted by Gasteiger charge is -2.34. The van der Waals surface area contributed by atoms with E-state index < -0.39 is 18.4 Å². The Kier molecular flexibility index (Phi) is 8.83. The van der Waals surface area contributed by atoms with Crippen LogP contribution in [0.1, 0.15) is 51.7 Å². The SMILES string of the molecule is C#CC1CC1.CC.CC(=O)CCN1C(=O)OC(C(F)(F)F)c2cc(Cl)ccc21. The predicted molar refractivity (Wildman–Crippen MR) is 102 cm³/mol. The zero-order valence-electron chi connectivity index (χ0n) is 16.0. The molecule has 1 atom stereocenters. The molecule has 1 heterocycles. The van der Waals surface area contributed by atoms with Crippen LogP contribution in [0, 0.1) is 18.3 Å². The van der Waals surface area contributed by atoms with E-state index in [9.17, 15) is 22.8 Å². The van der Waals surface area contributed by atoms with Crippen LogP contribution >= 0.6 is 11.6 Å². The molecule has 0 saturated heterocycles. The highest BCUT2D eigenvalue weighted by molar-refractivity contribution is 6.30. The molecule has 0 spiro atoms. The summed E-state index contributed by atoms with van der Waals surface area (Å²) in [7, 11) is 0. The number of Topliss-reactive ketones (excluding diaryl/α,β-unsaturated/α-hetero) is 1. The summed E-state index contributed by atoms with van der Waals surface area (Å²) in [6.07, 6.45) is -0.666. The molecule has 1 aromatic rings. The molecule has 1 unspecified atom stereocenters. The van der Waals surface area contributed by atoms with Gasteiger partial charge in [0.1, 0.15) is 5.78 Å². The van der Waals surface area contributed by atoms with Crippen molar-refractivity contribution in [3.63, 3.8) is 0 Å². The third-order valence-electron chi connectivity index (χ3n) is 3.80. The summed E-state index contributed by atoms with van der Waals surface area (Å²) in [6.45, 7) is 5.28. The molecule has 1 fully saturated rings. The number of anilines is 1. The van der Waals surface area contributed by atoms with Crippen LogP contribution in [0.25, 0.3) is 0 Å². The van der Waals surface area contributed by atoms with Crippen LogP contribution in [0.5, 0.6) is 0 Å². The van der Waals surface area contributed by atoms with Crippen LogP contribution in [0.15, 0.2) is 18.2 Å². The number of hydrogen-bond acceptors (Lipinski definition) is 3. The molecule has 0 N–H and O–H groups in total. The van der Waals surface area contributed by atoms with E-state index in [4.69, 9.17) is 18.0 Å². The highest BCUT2D eigenvalue weighted by atomic mass is 35.5. The second-order valence-corrected chi connectivity index (χ2v) is 6.49. The summed E-state index contributed by atoms with van der Waals surface area (Å²) < 4.78 is 43.4. The van der Waals surface area contributed by atoms with Gasteiger partial charge in [-0.15, -0.1) is 12.3 Å². The molecule has 0 aromatic heterocycles. The van der Waals surface area contributed by atoms with Crippen LogP contribution < -0.4 is 4.90 Å². The standard InChI is InChI=1S/C13H11ClF3NO3.C5H6.C2H6/c1-7(19)4-5-18-10-3-2-8(14)6-9(10)11(13(15,16)17)21-12(18)20;1-2-5-3-4-5;1-2/h2-3,6,11H,4-5H2,1H3;1,5H,3-4H2;1-2H3. The van der Waals surface area contributed by atoms with Gasteiger partial charge in [-0.25, -0.2) is 4.79 Å². The predicted octanol–water partition coefficient (Wildman–Crippen LogP) is 5.93. The van der Waals surface area contributed by atoms with E-state index >= 15 is 0 Å². The number of ether oxygens (including phenoxy) is 1. The van der Waals surface area contributed by atoms with Crippen molar-refractivity contribution in [3.8, 4) is 12.3 Å². The van der Waals surface area contributed by atoms with Gasteiger partial charge >= 0.3 is 12.3 Å². The average Bonchev–Trinajstić information content (AvgIpc) is 3.46. The van der Waals surface area contributed by atoms with Crippen molar-refractivity contribution in [1.29, 1.82) is 0 Å². The summed E-state index contributed by atoms with van der Waals surface area (Å²) in [5, 5.41) is 0.104. The van der Waals surface area contributed by atoms with Gasteiger partial charge in [-0.2, -0.15) is 13.2 Å². The lowest BCUT2D eigenvalue weighted by atomic mass is 10.0. The summed E-state index contributed by atoms with van der Waals surface area (Å²) >= 11 is 5.72. The summed E-state index contributed by atoms with van der Waals surface area (Å²) in [5.41, 5.74) is -0.183. The number of rotatable bonds is 3. The van der Waals surface area contributed by atoms with Crippen molar-refractivity contribution in [2.75, 3.05) is 11.4 Å². The minimum Gasteiger partial charge on any atom is -0.431 e. The number of carbonyl (C=O) groups is 2. The van der Waals surface area contributed by atoms with Gasteiger partial charge in [0.15, 0.2) is 0 Å². The minimum absolute atomic E-state index is 0.0217. The van der Waals surface area contributed by atoms with Gasteiger partial charge in [0.2, 0.25) is 6.10 Å². The number of amides is 1. The maximum absolute atomic E-state index is 13.0. The Balaban J connectivity index is 0.000000476. The first-order valence-corrected chi connectivity index (χ1v) is 9.31. The molecule has 2 aliphatic rings. The fourth-order valence-corrected chi connectivity index (χ4v) is 2.46. The van der Waals surface area contributed by atoms with Crippen molar-refractivity contribution >= 4 is 29.2 Å². The van der Waals surface area contributed by atoms with E-state index in [1.807, 2.05) is 13.8 Å². The van der Waals surface area contributed by atoms with Crippen LogP contribution in [0.4, 0.5) is 23.7 Å². The molecule has 0 bridgehead atoms. The molecule has 4 nitrogen and oxygen atoms in total. The quantitative estimate of drug-likeness (QED) is 0.572. The number of nitrogens with zero attached hydrogens (tertiary/aromatic N) is 1. The van der Waals surface area contributed by atoms with E-state index in [0.717, 1.165) is 11.0 Å². The van der Waals surface area contributed by atoms with Crippen LogP contribution in [-0.2, 0) is 9.53 Å². The van der Waals surface area contributed by atoms with Crippen molar-refractivity contribution in [2.45, 2.75) is 52.3 Å². The lowest BCUT2D eigenvalue weighted by Crippen LogP contribution is -2.42. The van der Waals surface area contributed by atoms with Crippen LogP contribution in [0.3, 0.4) is 0 Å². The molecule has 1 aromatic carbocycles. The average molecular weight is 418 g/mol. The second kappa shape index (κ2) is 10.4. The molecule has 154 valence electrons. The number of halogens is 4. The van der Waals surface area contributed by atoms with Gasteiger partial charge in [-0.05, 0) is 38.0 Å². The van der Waals surface area contributed by atoms with Gasteiger partial charge < -0.3 is 4.74 Å². The molecular weight excluding hydrogens is 395 g/mol.